The van der Waals surface area contributed by atoms with Crippen LogP contribution in [-0.4, -0.2) is 50.4 Å². The van der Waals surface area contributed by atoms with Gasteiger partial charge in [0, 0.05) is 42.3 Å². The third kappa shape index (κ3) is 2.91. The van der Waals surface area contributed by atoms with E-state index in [1.54, 1.807) is 18.6 Å². The highest BCUT2D eigenvalue weighted by Gasteiger charge is 2.29. The summed E-state index contributed by atoms with van der Waals surface area (Å²) in [5.41, 5.74) is 11.2. The predicted octanol–water partition coefficient (Wildman–Crippen LogP) is 2.26. The largest absolute Gasteiger partial charge is 0.415 e. The second-order valence-electron chi connectivity index (χ2n) is 7.96. The van der Waals surface area contributed by atoms with E-state index in [-0.39, 0.29) is 11.9 Å². The zero-order valence-corrected chi connectivity index (χ0v) is 17.2. The number of H-pyrrole nitrogens is 1. The van der Waals surface area contributed by atoms with E-state index in [1.807, 2.05) is 11.1 Å². The number of amides is 2. The van der Waals surface area contributed by atoms with Crippen LogP contribution in [0.5, 0.6) is 0 Å². The summed E-state index contributed by atoms with van der Waals surface area (Å²) in [6.07, 6.45) is 5.42. The predicted molar refractivity (Wildman–Crippen MR) is 116 cm³/mol. The van der Waals surface area contributed by atoms with E-state index in [9.17, 15) is 4.79 Å². The summed E-state index contributed by atoms with van der Waals surface area (Å²) in [6, 6.07) is 8.48. The van der Waals surface area contributed by atoms with E-state index in [0.717, 1.165) is 59.6 Å². The molecular formula is C22H26N7O+. The molecule has 8 nitrogen and oxygen atoms in total. The van der Waals surface area contributed by atoms with Gasteiger partial charge in [0.1, 0.15) is 22.9 Å². The van der Waals surface area contributed by atoms with Gasteiger partial charge >= 0.3 is 6.03 Å². The number of para-hydroxylation sites is 1. The topological polar surface area (TPSA) is 109 Å². The van der Waals surface area contributed by atoms with Gasteiger partial charge in [0.15, 0.2) is 0 Å². The Hall–Kier alpha value is -3.39. The average Bonchev–Trinajstić information content (AvgIpc) is 3.37. The van der Waals surface area contributed by atoms with E-state index in [2.05, 4.69) is 45.6 Å². The van der Waals surface area contributed by atoms with Gasteiger partial charge in [-0.15, -0.1) is 0 Å². The highest BCUT2D eigenvalue weighted by molar-refractivity contribution is 5.92. The number of benzene rings is 1. The van der Waals surface area contributed by atoms with Crippen molar-refractivity contribution in [2.45, 2.75) is 25.7 Å². The Balaban J connectivity index is 1.59. The molecule has 4 heterocycles. The summed E-state index contributed by atoms with van der Waals surface area (Å²) in [7, 11) is 1.79. The Morgan fingerprint density at radius 1 is 1.30 bits per heavy atom. The number of quaternary nitrogens is 1. The number of nitrogens with zero attached hydrogens (tertiary/aromatic N) is 4. The molecule has 1 aliphatic heterocycles. The number of carbonyl (C=O) groups is 1. The molecule has 0 saturated carbocycles. The van der Waals surface area contributed by atoms with Gasteiger partial charge in [-0.1, -0.05) is 18.2 Å². The number of primary amides is 1. The van der Waals surface area contributed by atoms with Crippen LogP contribution in [0.2, 0.25) is 0 Å². The van der Waals surface area contributed by atoms with E-state index in [0.29, 0.717) is 5.82 Å². The summed E-state index contributed by atoms with van der Waals surface area (Å²) < 4.78 is 2.07. The lowest BCUT2D eigenvalue weighted by Gasteiger charge is -2.29. The SMILES string of the molecule is C[NH2+]C(=O)N1CCC(c2nc(-c3cc4cccc(C)c4[nH]3)c3c(N)nccn23)CC1. The number of hydrogen-bond donors (Lipinski definition) is 3. The average molecular weight is 404 g/mol. The summed E-state index contributed by atoms with van der Waals surface area (Å²) in [5.74, 6) is 1.71. The Morgan fingerprint density at radius 3 is 2.83 bits per heavy atom. The van der Waals surface area contributed by atoms with Gasteiger partial charge in [0.05, 0.1) is 12.7 Å². The van der Waals surface area contributed by atoms with Crippen molar-refractivity contribution >= 4 is 28.3 Å². The molecule has 5 rings (SSSR count). The smallest absolute Gasteiger partial charge is 0.382 e. The molecule has 0 spiro atoms. The lowest BCUT2D eigenvalue weighted by molar-refractivity contribution is -0.531. The van der Waals surface area contributed by atoms with Crippen molar-refractivity contribution in [3.05, 3.63) is 48.0 Å². The minimum absolute atomic E-state index is 0.101. The molecule has 154 valence electrons. The highest BCUT2D eigenvalue weighted by Crippen LogP contribution is 2.35. The first kappa shape index (κ1) is 18.6. The first-order valence-corrected chi connectivity index (χ1v) is 10.4. The van der Waals surface area contributed by atoms with E-state index in [1.165, 1.54) is 5.56 Å². The number of likely N-dealkylation sites (tertiary alicyclic amines) is 1. The van der Waals surface area contributed by atoms with Crippen molar-refractivity contribution in [1.82, 2.24) is 24.3 Å². The number of fused-ring (bicyclic) bond motifs is 2. The Labute approximate surface area is 174 Å². The number of anilines is 1. The van der Waals surface area contributed by atoms with Gasteiger partial charge in [-0.2, -0.15) is 0 Å². The minimum Gasteiger partial charge on any atom is -0.382 e. The van der Waals surface area contributed by atoms with Crippen LogP contribution in [0.1, 0.15) is 30.1 Å². The standard InChI is InChI=1S/C22H25N7O/c1-13-4-3-5-15-12-16(26-17(13)15)18-19-20(23)25-8-11-29(19)21(27-18)14-6-9-28(10-7-14)22(30)24-2/h3-5,8,11-12,14,26H,6-7,9-10H2,1-2H3,(H2,23,25)(H,24,30)/p+1. The molecule has 1 saturated heterocycles. The molecule has 1 fully saturated rings. The Morgan fingerprint density at radius 2 is 2.10 bits per heavy atom. The summed E-state index contributed by atoms with van der Waals surface area (Å²) in [5, 5.41) is 2.78. The number of urea groups is 1. The fourth-order valence-electron chi connectivity index (χ4n) is 4.54. The number of carbonyl (C=O) groups excluding carboxylic acids is 1. The number of nitrogens with two attached hydrogens (primary N) is 2. The van der Waals surface area contributed by atoms with Gasteiger partial charge in [0.2, 0.25) is 0 Å². The first-order valence-electron chi connectivity index (χ1n) is 10.4. The number of piperidine rings is 1. The van der Waals surface area contributed by atoms with Crippen LogP contribution in [0.4, 0.5) is 10.6 Å². The van der Waals surface area contributed by atoms with Crippen LogP contribution in [0.15, 0.2) is 36.7 Å². The molecule has 5 N–H and O–H groups in total. The molecule has 8 heteroatoms. The number of hydrogen-bond acceptors (Lipinski definition) is 4. The molecule has 0 atom stereocenters. The molecule has 0 bridgehead atoms. The fraction of sp³-hybridized carbons (Fsp3) is 0.318. The lowest BCUT2D eigenvalue weighted by atomic mass is 9.96. The van der Waals surface area contributed by atoms with Crippen LogP contribution < -0.4 is 11.1 Å². The molecule has 1 aromatic carbocycles. The second kappa shape index (κ2) is 7.14. The van der Waals surface area contributed by atoms with E-state index in [4.69, 9.17) is 10.7 Å². The normalized spacial score (nSPS) is 15.3. The zero-order valence-electron chi connectivity index (χ0n) is 17.2. The van der Waals surface area contributed by atoms with Crippen LogP contribution in [0.3, 0.4) is 0 Å². The molecule has 1 aliphatic rings. The molecule has 0 aliphatic carbocycles. The van der Waals surface area contributed by atoms with Crippen LogP contribution in [0.25, 0.3) is 27.8 Å². The van der Waals surface area contributed by atoms with Crippen molar-refractivity contribution in [3.63, 3.8) is 0 Å². The second-order valence-corrected chi connectivity index (χ2v) is 7.96. The van der Waals surface area contributed by atoms with Gasteiger partial charge in [-0.3, -0.25) is 14.6 Å². The Bertz CT molecular complexity index is 1250. The molecule has 3 aromatic heterocycles. The summed E-state index contributed by atoms with van der Waals surface area (Å²) in [4.78, 5) is 26.8. The van der Waals surface area contributed by atoms with Crippen LogP contribution in [0, 0.1) is 6.92 Å². The number of nitrogens with one attached hydrogen (secondary N) is 1. The molecular weight excluding hydrogens is 378 g/mol. The van der Waals surface area contributed by atoms with Gasteiger partial charge in [0.25, 0.3) is 0 Å². The molecule has 30 heavy (non-hydrogen) atoms. The minimum atomic E-state index is 0.101. The van der Waals surface area contributed by atoms with Crippen molar-refractivity contribution in [1.29, 1.82) is 0 Å². The third-order valence-electron chi connectivity index (χ3n) is 6.15. The maximum atomic E-state index is 12.0. The van der Waals surface area contributed by atoms with Crippen molar-refractivity contribution < 1.29 is 10.1 Å². The van der Waals surface area contributed by atoms with Crippen LogP contribution in [-0.2, 0) is 0 Å². The lowest BCUT2D eigenvalue weighted by Crippen LogP contribution is -2.87. The van der Waals surface area contributed by atoms with Crippen molar-refractivity contribution in [2.75, 3.05) is 25.9 Å². The molecule has 0 radical (unpaired) electrons. The van der Waals surface area contributed by atoms with Crippen LogP contribution >= 0.6 is 0 Å². The zero-order chi connectivity index (χ0) is 20.8. The van der Waals surface area contributed by atoms with Gasteiger partial charge < -0.3 is 10.7 Å². The van der Waals surface area contributed by atoms with E-state index < -0.39 is 0 Å². The molecule has 4 aromatic rings. The molecule has 2 amide bonds. The number of aromatic amines is 1. The monoisotopic (exact) mass is 404 g/mol. The molecule has 0 unspecified atom stereocenters. The van der Waals surface area contributed by atoms with Gasteiger partial charge in [-0.05, 0) is 31.4 Å². The maximum absolute atomic E-state index is 12.0. The van der Waals surface area contributed by atoms with Crippen molar-refractivity contribution in [2.24, 2.45) is 0 Å². The number of rotatable bonds is 2. The maximum Gasteiger partial charge on any atom is 0.415 e. The summed E-state index contributed by atoms with van der Waals surface area (Å²) in [6.45, 7) is 3.58. The first-order chi connectivity index (χ1) is 14.6. The quantitative estimate of drug-likeness (QED) is 0.476. The van der Waals surface area contributed by atoms with E-state index >= 15 is 0 Å². The van der Waals surface area contributed by atoms with Crippen molar-refractivity contribution in [3.8, 4) is 11.4 Å². The summed E-state index contributed by atoms with van der Waals surface area (Å²) >= 11 is 0. The number of nitrogen functional groups attached to an aromatic ring is 1. The highest BCUT2D eigenvalue weighted by atomic mass is 16.2. The van der Waals surface area contributed by atoms with Gasteiger partial charge in [-0.25, -0.2) is 14.8 Å². The number of aryl methyl sites for hydroxylation is 1. The number of aromatic nitrogens is 4. The number of imidazole rings is 1. The Kier molecular flexibility index (Phi) is 4.43. The third-order valence-corrected chi connectivity index (χ3v) is 6.15. The fourth-order valence-corrected chi connectivity index (χ4v) is 4.54.